The molecular weight excluding hydrogens is 251 g/mol. The number of hydrogen-bond acceptors (Lipinski definition) is 2. The molecule has 0 radical (unpaired) electrons. The summed E-state index contributed by atoms with van der Waals surface area (Å²) < 4.78 is 13.9. The Morgan fingerprint density at radius 1 is 1.22 bits per heavy atom. The first kappa shape index (κ1) is 13.8. The smallest absolute Gasteiger partial charge is 0.128 e. The largest absolute Gasteiger partial charge is 0.329 e. The zero-order chi connectivity index (χ0) is 13.0. The monoisotopic (exact) mass is 270 g/mol. The molecule has 1 aliphatic rings. The first-order valence-corrected chi connectivity index (χ1v) is 6.99. The van der Waals surface area contributed by atoms with Crippen molar-refractivity contribution in [1.29, 1.82) is 0 Å². The van der Waals surface area contributed by atoms with E-state index < -0.39 is 0 Å². The lowest BCUT2D eigenvalue weighted by molar-refractivity contribution is 0.205. The highest BCUT2D eigenvalue weighted by Crippen LogP contribution is 2.27. The first-order chi connectivity index (χ1) is 8.72. The van der Waals surface area contributed by atoms with E-state index in [1.807, 2.05) is 0 Å². The number of nitrogens with two attached hydrogens (primary N) is 1. The first-order valence-electron chi connectivity index (χ1n) is 6.61. The van der Waals surface area contributed by atoms with Gasteiger partial charge < -0.3 is 5.73 Å². The summed E-state index contributed by atoms with van der Waals surface area (Å²) in [4.78, 5) is 2.29. The van der Waals surface area contributed by atoms with E-state index in [1.165, 1.54) is 31.7 Å². The normalized spacial score (nSPS) is 19.5. The van der Waals surface area contributed by atoms with E-state index in [0.717, 1.165) is 13.1 Å². The van der Waals surface area contributed by atoms with Crippen molar-refractivity contribution in [3.8, 4) is 0 Å². The topological polar surface area (TPSA) is 29.3 Å². The summed E-state index contributed by atoms with van der Waals surface area (Å²) in [6.45, 7) is 2.42. The molecule has 100 valence electrons. The van der Waals surface area contributed by atoms with Crippen molar-refractivity contribution in [2.45, 2.75) is 31.7 Å². The number of hydrogen-bond donors (Lipinski definition) is 1. The second-order valence-corrected chi connectivity index (χ2v) is 5.30. The van der Waals surface area contributed by atoms with Gasteiger partial charge in [0, 0.05) is 23.2 Å². The van der Waals surface area contributed by atoms with Gasteiger partial charge in [-0.25, -0.2) is 4.39 Å². The highest BCUT2D eigenvalue weighted by atomic mass is 35.5. The average molecular weight is 271 g/mol. The highest BCUT2D eigenvalue weighted by molar-refractivity contribution is 6.30. The summed E-state index contributed by atoms with van der Waals surface area (Å²) in [6.07, 6.45) is 4.84. The van der Waals surface area contributed by atoms with Crippen LogP contribution in [0, 0.1) is 5.82 Å². The average Bonchev–Trinajstić information content (AvgIpc) is 2.64. The lowest BCUT2D eigenvalue weighted by atomic mass is 10.0. The molecule has 0 amide bonds. The van der Waals surface area contributed by atoms with Gasteiger partial charge in [-0.3, -0.25) is 4.90 Å². The lowest BCUT2D eigenvalue weighted by Gasteiger charge is -2.30. The Bertz CT molecular complexity index is 389. The molecule has 1 aromatic rings. The van der Waals surface area contributed by atoms with Crippen LogP contribution in [0.25, 0.3) is 0 Å². The third kappa shape index (κ3) is 3.22. The van der Waals surface area contributed by atoms with Crippen molar-refractivity contribution >= 4 is 11.6 Å². The lowest BCUT2D eigenvalue weighted by Crippen LogP contribution is -2.35. The van der Waals surface area contributed by atoms with Gasteiger partial charge in [0.15, 0.2) is 0 Å². The fraction of sp³-hybridized carbons (Fsp3) is 0.571. The molecule has 1 atom stereocenters. The van der Waals surface area contributed by atoms with Crippen LogP contribution in [0.1, 0.15) is 37.3 Å². The van der Waals surface area contributed by atoms with Gasteiger partial charge in [-0.2, -0.15) is 0 Å². The van der Waals surface area contributed by atoms with Crippen LogP contribution >= 0.6 is 11.6 Å². The maximum Gasteiger partial charge on any atom is 0.128 e. The molecule has 0 aliphatic carbocycles. The van der Waals surface area contributed by atoms with Gasteiger partial charge in [0.05, 0.1) is 0 Å². The van der Waals surface area contributed by atoms with Gasteiger partial charge in [-0.15, -0.1) is 0 Å². The molecular formula is C14H20ClFN2. The standard InChI is InChI=1S/C14H20ClFN2/c15-11-5-6-13(16)12(9-11)14(10-17)18-7-3-1-2-4-8-18/h5-6,9,14H,1-4,7-8,10,17H2. The molecule has 2 N–H and O–H groups in total. The second-order valence-electron chi connectivity index (χ2n) is 4.87. The minimum atomic E-state index is -0.209. The highest BCUT2D eigenvalue weighted by Gasteiger charge is 2.22. The fourth-order valence-electron chi connectivity index (χ4n) is 2.65. The molecule has 2 nitrogen and oxygen atoms in total. The molecule has 1 saturated heterocycles. The summed E-state index contributed by atoms with van der Waals surface area (Å²) in [5, 5.41) is 0.569. The van der Waals surface area contributed by atoms with Crippen molar-refractivity contribution in [2.24, 2.45) is 5.73 Å². The maximum atomic E-state index is 13.9. The Hall–Kier alpha value is -0.640. The van der Waals surface area contributed by atoms with Crippen LogP contribution in [0.4, 0.5) is 4.39 Å². The second kappa shape index (κ2) is 6.50. The summed E-state index contributed by atoms with van der Waals surface area (Å²) in [5.41, 5.74) is 6.49. The van der Waals surface area contributed by atoms with Gasteiger partial charge in [-0.05, 0) is 44.1 Å². The SMILES string of the molecule is NCC(c1cc(Cl)ccc1F)N1CCCCCC1. The fourth-order valence-corrected chi connectivity index (χ4v) is 2.83. The van der Waals surface area contributed by atoms with Crippen LogP contribution in [-0.2, 0) is 0 Å². The van der Waals surface area contributed by atoms with Crippen molar-refractivity contribution in [1.82, 2.24) is 4.90 Å². The molecule has 1 fully saturated rings. The zero-order valence-electron chi connectivity index (χ0n) is 10.5. The van der Waals surface area contributed by atoms with E-state index >= 15 is 0 Å². The van der Waals surface area contributed by atoms with E-state index in [2.05, 4.69) is 4.90 Å². The van der Waals surface area contributed by atoms with Crippen molar-refractivity contribution in [3.63, 3.8) is 0 Å². The summed E-state index contributed by atoms with van der Waals surface area (Å²) in [7, 11) is 0. The van der Waals surface area contributed by atoms with Crippen molar-refractivity contribution in [3.05, 3.63) is 34.6 Å². The Morgan fingerprint density at radius 3 is 2.50 bits per heavy atom. The van der Waals surface area contributed by atoms with Gasteiger partial charge in [0.25, 0.3) is 0 Å². The summed E-state index contributed by atoms with van der Waals surface area (Å²) in [5.74, 6) is -0.209. The molecule has 0 bridgehead atoms. The number of nitrogens with zero attached hydrogens (tertiary/aromatic N) is 1. The maximum absolute atomic E-state index is 13.9. The van der Waals surface area contributed by atoms with Gasteiger partial charge >= 0.3 is 0 Å². The van der Waals surface area contributed by atoms with Gasteiger partial charge in [0.2, 0.25) is 0 Å². The van der Waals surface area contributed by atoms with Crippen molar-refractivity contribution < 1.29 is 4.39 Å². The predicted octanol–water partition coefficient (Wildman–Crippen LogP) is 3.35. The number of rotatable bonds is 3. The molecule has 1 aromatic carbocycles. The third-order valence-corrected chi connectivity index (χ3v) is 3.86. The van der Waals surface area contributed by atoms with Gasteiger partial charge in [-0.1, -0.05) is 24.4 Å². The molecule has 2 rings (SSSR count). The van der Waals surface area contributed by atoms with Crippen LogP contribution in [0.2, 0.25) is 5.02 Å². The van der Waals surface area contributed by atoms with Crippen LogP contribution in [0.15, 0.2) is 18.2 Å². The summed E-state index contributed by atoms with van der Waals surface area (Å²) >= 11 is 5.96. The molecule has 4 heteroatoms. The molecule has 0 spiro atoms. The number of benzene rings is 1. The van der Waals surface area contributed by atoms with E-state index in [-0.39, 0.29) is 11.9 Å². The van der Waals surface area contributed by atoms with Crippen LogP contribution in [0.3, 0.4) is 0 Å². The van der Waals surface area contributed by atoms with Crippen LogP contribution in [-0.4, -0.2) is 24.5 Å². The van der Waals surface area contributed by atoms with Crippen molar-refractivity contribution in [2.75, 3.05) is 19.6 Å². The molecule has 0 aromatic heterocycles. The third-order valence-electron chi connectivity index (χ3n) is 3.62. The molecule has 18 heavy (non-hydrogen) atoms. The number of halogens is 2. The van der Waals surface area contributed by atoms with E-state index in [4.69, 9.17) is 17.3 Å². The molecule has 1 aliphatic heterocycles. The Labute approximate surface area is 113 Å². The quantitative estimate of drug-likeness (QED) is 0.913. The summed E-state index contributed by atoms with van der Waals surface area (Å²) in [6, 6.07) is 4.66. The molecule has 1 heterocycles. The van der Waals surface area contributed by atoms with Crippen LogP contribution in [0.5, 0.6) is 0 Å². The Kier molecular flexibility index (Phi) is 4.98. The van der Waals surface area contributed by atoms with Crippen LogP contribution < -0.4 is 5.73 Å². The molecule has 1 unspecified atom stereocenters. The molecule has 0 saturated carbocycles. The Morgan fingerprint density at radius 2 is 1.89 bits per heavy atom. The predicted molar refractivity (Wildman–Crippen MR) is 73.2 cm³/mol. The van der Waals surface area contributed by atoms with E-state index in [0.29, 0.717) is 17.1 Å². The minimum absolute atomic E-state index is 0.0539. The van der Waals surface area contributed by atoms with E-state index in [1.54, 1.807) is 12.1 Å². The Balaban J connectivity index is 2.23. The number of likely N-dealkylation sites (tertiary alicyclic amines) is 1. The zero-order valence-corrected chi connectivity index (χ0v) is 11.3. The van der Waals surface area contributed by atoms with E-state index in [9.17, 15) is 4.39 Å². The minimum Gasteiger partial charge on any atom is -0.329 e. The van der Waals surface area contributed by atoms with Gasteiger partial charge in [0.1, 0.15) is 5.82 Å².